The second-order valence-electron chi connectivity index (χ2n) is 5.46. The lowest BCUT2D eigenvalue weighted by Gasteiger charge is -2.11. The number of imidazole rings is 1. The van der Waals surface area contributed by atoms with Gasteiger partial charge in [0.15, 0.2) is 0 Å². The number of benzene rings is 1. The van der Waals surface area contributed by atoms with Crippen molar-refractivity contribution < 1.29 is 9.53 Å². The first-order valence-corrected chi connectivity index (χ1v) is 7.04. The van der Waals surface area contributed by atoms with Crippen molar-refractivity contribution in [2.45, 2.75) is 40.3 Å². The predicted octanol–water partition coefficient (Wildman–Crippen LogP) is 3.02. The highest BCUT2D eigenvalue weighted by molar-refractivity contribution is 5.77. The quantitative estimate of drug-likeness (QED) is 0.792. The number of rotatable bonds is 5. The van der Waals surface area contributed by atoms with Crippen molar-refractivity contribution in [2.24, 2.45) is 5.92 Å². The lowest BCUT2D eigenvalue weighted by Crippen LogP contribution is -2.09. The van der Waals surface area contributed by atoms with Gasteiger partial charge >= 0.3 is 5.97 Å². The third-order valence-electron chi connectivity index (χ3n) is 3.29. The Morgan fingerprint density at radius 3 is 2.86 bits per heavy atom. The summed E-state index contributed by atoms with van der Waals surface area (Å²) in [5, 5.41) is 8.97. The van der Waals surface area contributed by atoms with Gasteiger partial charge < -0.3 is 9.30 Å². The summed E-state index contributed by atoms with van der Waals surface area (Å²) in [7, 11) is 0. The summed E-state index contributed by atoms with van der Waals surface area (Å²) in [4.78, 5) is 15.5. The van der Waals surface area contributed by atoms with Crippen LogP contribution < -0.4 is 0 Å². The summed E-state index contributed by atoms with van der Waals surface area (Å²) >= 11 is 0. The van der Waals surface area contributed by atoms with Gasteiger partial charge in [0, 0.05) is 13.5 Å². The Morgan fingerprint density at radius 2 is 2.24 bits per heavy atom. The van der Waals surface area contributed by atoms with Crippen LogP contribution in [0.2, 0.25) is 0 Å². The second-order valence-corrected chi connectivity index (χ2v) is 5.46. The van der Waals surface area contributed by atoms with Gasteiger partial charge in [-0.3, -0.25) is 4.79 Å². The summed E-state index contributed by atoms with van der Waals surface area (Å²) in [6, 6.07) is 7.56. The normalized spacial score (nSPS) is 10.8. The van der Waals surface area contributed by atoms with E-state index in [1.54, 1.807) is 12.1 Å². The van der Waals surface area contributed by atoms with Crippen LogP contribution in [-0.2, 0) is 22.7 Å². The Morgan fingerprint density at radius 1 is 1.48 bits per heavy atom. The van der Waals surface area contributed by atoms with Crippen molar-refractivity contribution >= 4 is 17.0 Å². The highest BCUT2D eigenvalue weighted by Gasteiger charge is 2.13. The van der Waals surface area contributed by atoms with Crippen molar-refractivity contribution in [3.8, 4) is 6.07 Å². The van der Waals surface area contributed by atoms with E-state index in [1.807, 2.05) is 6.07 Å². The van der Waals surface area contributed by atoms with Crippen molar-refractivity contribution in [1.29, 1.82) is 5.26 Å². The molecule has 0 amide bonds. The first-order valence-electron chi connectivity index (χ1n) is 7.04. The fourth-order valence-electron chi connectivity index (χ4n) is 2.16. The first kappa shape index (κ1) is 15.0. The molecule has 5 nitrogen and oxygen atoms in total. The SMILES string of the molecule is CC(=O)OCc1nc2cc(C#N)ccc2n1CCC(C)C. The van der Waals surface area contributed by atoms with Crippen LogP contribution in [0.3, 0.4) is 0 Å². The number of nitriles is 1. The molecule has 0 spiro atoms. The van der Waals surface area contributed by atoms with E-state index in [2.05, 4.69) is 29.5 Å². The van der Waals surface area contributed by atoms with Gasteiger partial charge in [0.05, 0.1) is 22.7 Å². The molecule has 0 N–H and O–H groups in total. The summed E-state index contributed by atoms with van der Waals surface area (Å²) in [6.45, 7) is 6.69. The molecule has 0 fully saturated rings. The molecule has 1 aromatic carbocycles. The van der Waals surface area contributed by atoms with Crippen LogP contribution in [0, 0.1) is 17.2 Å². The molecule has 0 bridgehead atoms. The third-order valence-corrected chi connectivity index (χ3v) is 3.29. The molecular weight excluding hydrogens is 266 g/mol. The fraction of sp³-hybridized carbons (Fsp3) is 0.438. The first-order chi connectivity index (χ1) is 10.0. The zero-order valence-corrected chi connectivity index (χ0v) is 12.6. The maximum atomic E-state index is 11.0. The molecule has 21 heavy (non-hydrogen) atoms. The molecule has 0 aliphatic heterocycles. The number of aryl methyl sites for hydroxylation is 1. The number of nitrogens with zero attached hydrogens (tertiary/aromatic N) is 3. The van der Waals surface area contributed by atoms with Gasteiger partial charge in [-0.15, -0.1) is 0 Å². The average Bonchev–Trinajstić information content (AvgIpc) is 2.79. The van der Waals surface area contributed by atoms with Crippen LogP contribution in [0.4, 0.5) is 0 Å². The summed E-state index contributed by atoms with van der Waals surface area (Å²) in [5.74, 6) is 0.966. The van der Waals surface area contributed by atoms with Crippen LogP contribution in [0.25, 0.3) is 11.0 Å². The van der Waals surface area contributed by atoms with Gasteiger partial charge in [-0.2, -0.15) is 5.26 Å². The monoisotopic (exact) mass is 285 g/mol. The van der Waals surface area contributed by atoms with E-state index >= 15 is 0 Å². The van der Waals surface area contributed by atoms with E-state index < -0.39 is 0 Å². The molecule has 0 saturated carbocycles. The number of hydrogen-bond acceptors (Lipinski definition) is 4. The molecule has 1 heterocycles. The molecule has 0 saturated heterocycles. The highest BCUT2D eigenvalue weighted by Crippen LogP contribution is 2.20. The predicted molar refractivity (Wildman–Crippen MR) is 79.4 cm³/mol. The van der Waals surface area contributed by atoms with Gasteiger partial charge in [-0.1, -0.05) is 13.8 Å². The topological polar surface area (TPSA) is 67.9 Å². The van der Waals surface area contributed by atoms with Crippen LogP contribution in [-0.4, -0.2) is 15.5 Å². The van der Waals surface area contributed by atoms with E-state index in [4.69, 9.17) is 10.00 Å². The summed E-state index contributed by atoms with van der Waals surface area (Å²) in [6.07, 6.45) is 1.01. The number of carbonyl (C=O) groups is 1. The van der Waals surface area contributed by atoms with Crippen molar-refractivity contribution in [3.05, 3.63) is 29.6 Å². The van der Waals surface area contributed by atoms with Gasteiger partial charge in [0.25, 0.3) is 0 Å². The summed E-state index contributed by atoms with van der Waals surface area (Å²) < 4.78 is 7.14. The Hall–Kier alpha value is -2.35. The number of hydrogen-bond donors (Lipinski definition) is 0. The molecule has 110 valence electrons. The molecule has 0 unspecified atom stereocenters. The van der Waals surface area contributed by atoms with Gasteiger partial charge in [-0.05, 0) is 30.5 Å². The van der Waals surface area contributed by atoms with Crippen molar-refractivity contribution in [3.63, 3.8) is 0 Å². The minimum Gasteiger partial charge on any atom is -0.458 e. The van der Waals surface area contributed by atoms with E-state index in [0.29, 0.717) is 11.5 Å². The number of ether oxygens (including phenoxy) is 1. The minimum atomic E-state index is -0.324. The molecule has 0 radical (unpaired) electrons. The van der Waals surface area contributed by atoms with Crippen LogP contribution in [0.15, 0.2) is 18.2 Å². The zero-order valence-electron chi connectivity index (χ0n) is 12.6. The maximum absolute atomic E-state index is 11.0. The van der Waals surface area contributed by atoms with Crippen LogP contribution in [0.5, 0.6) is 0 Å². The standard InChI is InChI=1S/C16H19N3O2/c1-11(2)6-7-19-15-5-4-13(9-17)8-14(15)18-16(19)10-21-12(3)20/h4-5,8,11H,6-7,10H2,1-3H3. The summed E-state index contributed by atoms with van der Waals surface area (Å²) in [5.41, 5.74) is 2.31. The minimum absolute atomic E-state index is 0.157. The average molecular weight is 285 g/mol. The Kier molecular flexibility index (Phi) is 4.59. The van der Waals surface area contributed by atoms with Crippen LogP contribution in [0.1, 0.15) is 38.6 Å². The number of esters is 1. The smallest absolute Gasteiger partial charge is 0.303 e. The largest absolute Gasteiger partial charge is 0.458 e. The molecule has 0 aliphatic rings. The molecule has 1 aromatic heterocycles. The Bertz CT molecular complexity index is 695. The maximum Gasteiger partial charge on any atom is 0.303 e. The molecule has 2 aromatic rings. The Labute approximate surface area is 124 Å². The van der Waals surface area contributed by atoms with Crippen molar-refractivity contribution in [1.82, 2.24) is 9.55 Å². The molecule has 2 rings (SSSR count). The number of fused-ring (bicyclic) bond motifs is 1. The van der Waals surface area contributed by atoms with E-state index in [1.165, 1.54) is 6.92 Å². The van der Waals surface area contributed by atoms with Gasteiger partial charge in [0.2, 0.25) is 0 Å². The molecule has 0 atom stereocenters. The van der Waals surface area contributed by atoms with Crippen molar-refractivity contribution in [2.75, 3.05) is 0 Å². The lowest BCUT2D eigenvalue weighted by molar-refractivity contribution is -0.142. The molecule has 0 aliphatic carbocycles. The fourth-order valence-corrected chi connectivity index (χ4v) is 2.16. The lowest BCUT2D eigenvalue weighted by atomic mass is 10.1. The third kappa shape index (κ3) is 3.60. The molecule has 5 heteroatoms. The van der Waals surface area contributed by atoms with E-state index in [0.717, 1.165) is 29.8 Å². The number of aromatic nitrogens is 2. The van der Waals surface area contributed by atoms with E-state index in [9.17, 15) is 4.79 Å². The highest BCUT2D eigenvalue weighted by atomic mass is 16.5. The van der Waals surface area contributed by atoms with Gasteiger partial charge in [-0.25, -0.2) is 4.98 Å². The Balaban J connectivity index is 2.40. The zero-order chi connectivity index (χ0) is 15.4. The molecular formula is C16H19N3O2. The second kappa shape index (κ2) is 6.40. The van der Waals surface area contributed by atoms with E-state index in [-0.39, 0.29) is 12.6 Å². The van der Waals surface area contributed by atoms with Crippen LogP contribution >= 0.6 is 0 Å². The number of carbonyl (C=O) groups excluding carboxylic acids is 1. The van der Waals surface area contributed by atoms with Gasteiger partial charge in [0.1, 0.15) is 12.4 Å².